The largest absolute Gasteiger partial charge is 0.366 e. The van der Waals surface area contributed by atoms with Crippen LogP contribution >= 0.6 is 12.2 Å². The average molecular weight is 204 g/mol. The maximum Gasteiger partial charge on any atom is 0.115 e. The number of aliphatic imine (C=N–C) groups is 1. The molecule has 0 bridgehead atoms. The van der Waals surface area contributed by atoms with Gasteiger partial charge in [0.15, 0.2) is 0 Å². The highest BCUT2D eigenvalue weighted by Crippen LogP contribution is 2.18. The third-order valence-corrected chi connectivity index (χ3v) is 1.98. The summed E-state index contributed by atoms with van der Waals surface area (Å²) < 4.78 is 1.75. The van der Waals surface area contributed by atoms with Crippen LogP contribution in [0.4, 0.5) is 5.69 Å². The molecule has 14 heavy (non-hydrogen) atoms. The van der Waals surface area contributed by atoms with E-state index in [1.807, 2.05) is 31.6 Å². The Balaban J connectivity index is 2.47. The first-order valence-electron chi connectivity index (χ1n) is 4.08. The molecule has 0 spiro atoms. The van der Waals surface area contributed by atoms with E-state index in [2.05, 4.69) is 32.5 Å². The van der Waals surface area contributed by atoms with Gasteiger partial charge in [0, 0.05) is 12.4 Å². The molecule has 0 amide bonds. The van der Waals surface area contributed by atoms with Crippen LogP contribution in [0.25, 0.3) is 5.69 Å². The number of aromatic amines is 1. The van der Waals surface area contributed by atoms with Crippen molar-refractivity contribution in [3.05, 3.63) is 30.4 Å². The maximum absolute atomic E-state index is 4.54. The topological polar surface area (TPSA) is 46.0 Å². The van der Waals surface area contributed by atoms with Crippen molar-refractivity contribution in [1.82, 2.24) is 14.8 Å². The zero-order chi connectivity index (χ0) is 9.97. The summed E-state index contributed by atoms with van der Waals surface area (Å²) in [6.45, 7) is 1.88. The van der Waals surface area contributed by atoms with E-state index < -0.39 is 0 Å². The van der Waals surface area contributed by atoms with Crippen LogP contribution in [0.1, 0.15) is 5.69 Å². The van der Waals surface area contributed by atoms with Gasteiger partial charge in [-0.15, -0.1) is 0 Å². The van der Waals surface area contributed by atoms with Gasteiger partial charge in [0.05, 0.1) is 22.7 Å². The van der Waals surface area contributed by atoms with Gasteiger partial charge in [-0.25, -0.2) is 4.68 Å². The monoisotopic (exact) mass is 204 g/mol. The van der Waals surface area contributed by atoms with Crippen LogP contribution in [0, 0.1) is 6.92 Å². The number of aryl methyl sites for hydroxylation is 1. The molecular weight excluding hydrogens is 196 g/mol. The second-order valence-corrected chi connectivity index (χ2v) is 3.00. The highest BCUT2D eigenvalue weighted by molar-refractivity contribution is 7.78. The molecule has 0 aliphatic carbocycles. The molecule has 1 N–H and O–H groups in total. The highest BCUT2D eigenvalue weighted by Gasteiger charge is 2.04. The molecule has 0 aliphatic rings. The third kappa shape index (κ3) is 1.51. The summed E-state index contributed by atoms with van der Waals surface area (Å²) in [4.78, 5) is 6.87. The van der Waals surface area contributed by atoms with Crippen molar-refractivity contribution in [2.24, 2.45) is 4.99 Å². The number of rotatable bonds is 2. The fourth-order valence-corrected chi connectivity index (χ4v) is 1.30. The lowest BCUT2D eigenvalue weighted by molar-refractivity contribution is 0.864. The Hall–Kier alpha value is -1.71. The Morgan fingerprint density at radius 3 is 3.14 bits per heavy atom. The Morgan fingerprint density at radius 2 is 2.50 bits per heavy atom. The Morgan fingerprint density at radius 1 is 1.64 bits per heavy atom. The lowest BCUT2D eigenvalue weighted by atomic mass is 10.4. The Kier molecular flexibility index (Phi) is 2.26. The molecule has 0 unspecified atom stereocenters. The summed E-state index contributed by atoms with van der Waals surface area (Å²) in [6, 6.07) is 1.93. The number of hydrogen-bond donors (Lipinski definition) is 1. The minimum absolute atomic E-state index is 0.751. The zero-order valence-corrected chi connectivity index (χ0v) is 8.38. The second-order valence-electron chi connectivity index (χ2n) is 2.82. The summed E-state index contributed by atoms with van der Waals surface area (Å²) in [5.74, 6) is 0. The molecule has 2 rings (SSSR count). The maximum atomic E-state index is 4.54. The standard InChI is InChI=1S/C9H8N4S/c1-7-9(11-6-14)5-13(12-7)8-2-3-10-4-8/h2-5,10H,1H3. The molecule has 0 aromatic carbocycles. The van der Waals surface area contributed by atoms with E-state index in [1.54, 1.807) is 4.68 Å². The first-order chi connectivity index (χ1) is 6.81. The number of aromatic nitrogens is 3. The predicted molar refractivity (Wildman–Crippen MR) is 57.3 cm³/mol. The molecule has 2 aromatic heterocycles. The summed E-state index contributed by atoms with van der Waals surface area (Å²) in [5, 5.41) is 6.62. The van der Waals surface area contributed by atoms with Gasteiger partial charge in [-0.2, -0.15) is 10.1 Å². The summed E-state index contributed by atoms with van der Waals surface area (Å²) in [7, 11) is 0. The second kappa shape index (κ2) is 3.57. The molecule has 5 heteroatoms. The van der Waals surface area contributed by atoms with Gasteiger partial charge < -0.3 is 4.98 Å². The van der Waals surface area contributed by atoms with Gasteiger partial charge in [-0.05, 0) is 25.2 Å². The predicted octanol–water partition coefficient (Wildman–Crippen LogP) is 2.24. The molecule has 0 saturated heterocycles. The minimum atomic E-state index is 0.751. The number of H-pyrrole nitrogens is 1. The number of nitrogens with one attached hydrogen (secondary N) is 1. The van der Waals surface area contributed by atoms with Crippen LogP contribution in [0.3, 0.4) is 0 Å². The van der Waals surface area contributed by atoms with Crippen molar-refractivity contribution in [3.63, 3.8) is 0 Å². The molecule has 0 fully saturated rings. The van der Waals surface area contributed by atoms with Crippen LogP contribution in [-0.2, 0) is 0 Å². The summed E-state index contributed by atoms with van der Waals surface area (Å²) in [5.41, 5.74) is 2.56. The molecular formula is C9H8N4S. The first-order valence-corrected chi connectivity index (χ1v) is 4.49. The smallest absolute Gasteiger partial charge is 0.115 e. The van der Waals surface area contributed by atoms with Gasteiger partial charge in [0.25, 0.3) is 0 Å². The Labute approximate surface area is 86.3 Å². The number of thiocarbonyl (C=S) groups is 1. The van der Waals surface area contributed by atoms with Crippen molar-refractivity contribution in [2.45, 2.75) is 6.92 Å². The quantitative estimate of drug-likeness (QED) is 0.602. The van der Waals surface area contributed by atoms with Gasteiger partial charge in [0.1, 0.15) is 5.69 Å². The van der Waals surface area contributed by atoms with Crippen molar-refractivity contribution in [1.29, 1.82) is 0 Å². The number of hydrogen-bond acceptors (Lipinski definition) is 3. The van der Waals surface area contributed by atoms with Gasteiger partial charge in [-0.1, -0.05) is 0 Å². The minimum Gasteiger partial charge on any atom is -0.366 e. The van der Waals surface area contributed by atoms with Crippen molar-refractivity contribution in [2.75, 3.05) is 0 Å². The van der Waals surface area contributed by atoms with E-state index in [9.17, 15) is 0 Å². The zero-order valence-electron chi connectivity index (χ0n) is 7.56. The lowest BCUT2D eigenvalue weighted by Crippen LogP contribution is -1.91. The van der Waals surface area contributed by atoms with Crippen molar-refractivity contribution in [3.8, 4) is 5.69 Å². The number of nitrogens with zero attached hydrogens (tertiary/aromatic N) is 3. The van der Waals surface area contributed by atoms with E-state index in [0.717, 1.165) is 17.1 Å². The fourth-order valence-electron chi connectivity index (χ4n) is 1.20. The molecule has 2 heterocycles. The van der Waals surface area contributed by atoms with Crippen LogP contribution in [0.15, 0.2) is 29.6 Å². The van der Waals surface area contributed by atoms with Crippen molar-refractivity contribution >= 4 is 23.1 Å². The fraction of sp³-hybridized carbons (Fsp3) is 0.111. The van der Waals surface area contributed by atoms with E-state index in [-0.39, 0.29) is 0 Å². The Bertz CT molecular complexity index is 477. The molecule has 0 radical (unpaired) electrons. The highest BCUT2D eigenvalue weighted by atomic mass is 32.1. The molecule has 4 nitrogen and oxygen atoms in total. The summed E-state index contributed by atoms with van der Waals surface area (Å²) in [6.07, 6.45) is 5.52. The third-order valence-electron chi connectivity index (χ3n) is 1.89. The van der Waals surface area contributed by atoms with Gasteiger partial charge in [-0.3, -0.25) is 0 Å². The first kappa shape index (κ1) is 8.87. The van der Waals surface area contributed by atoms with E-state index in [4.69, 9.17) is 0 Å². The van der Waals surface area contributed by atoms with Crippen molar-refractivity contribution < 1.29 is 0 Å². The van der Waals surface area contributed by atoms with E-state index in [1.165, 1.54) is 0 Å². The molecule has 0 saturated carbocycles. The van der Waals surface area contributed by atoms with Crippen LogP contribution in [0.2, 0.25) is 0 Å². The molecule has 70 valence electrons. The van der Waals surface area contributed by atoms with Gasteiger partial charge in [0.2, 0.25) is 0 Å². The number of isothiocyanates is 1. The summed E-state index contributed by atoms with van der Waals surface area (Å²) >= 11 is 4.54. The van der Waals surface area contributed by atoms with E-state index >= 15 is 0 Å². The van der Waals surface area contributed by atoms with Crippen LogP contribution in [-0.4, -0.2) is 19.9 Å². The molecule has 0 atom stereocenters. The molecule has 2 aromatic rings. The van der Waals surface area contributed by atoms with Crippen LogP contribution < -0.4 is 0 Å². The SMILES string of the molecule is Cc1nn(-c2cc[nH]c2)cc1N=C=S. The van der Waals surface area contributed by atoms with E-state index in [0.29, 0.717) is 0 Å². The average Bonchev–Trinajstić information content (AvgIpc) is 2.76. The van der Waals surface area contributed by atoms with Crippen LogP contribution in [0.5, 0.6) is 0 Å². The molecule has 0 aliphatic heterocycles. The lowest BCUT2D eigenvalue weighted by Gasteiger charge is -1.92. The normalized spacial score (nSPS) is 9.79. The van der Waals surface area contributed by atoms with Gasteiger partial charge >= 0.3 is 0 Å².